The number of morpholine rings is 1. The van der Waals surface area contributed by atoms with Crippen molar-refractivity contribution in [2.45, 2.75) is 104 Å². The van der Waals surface area contributed by atoms with Crippen LogP contribution in [0.5, 0.6) is 0 Å². The van der Waals surface area contributed by atoms with Gasteiger partial charge in [0.15, 0.2) is 0 Å². The Hall–Kier alpha value is -4.94. The number of rotatable bonds is 7. The van der Waals surface area contributed by atoms with Crippen molar-refractivity contribution in [1.29, 1.82) is 0 Å². The number of esters is 1. The average Bonchev–Trinajstić information content (AvgIpc) is 3.93. The molecule has 0 spiro atoms. The number of amides is 3. The fourth-order valence-corrected chi connectivity index (χ4v) is 11.4. The molecule has 3 aromatic heterocycles. The fourth-order valence-electron chi connectivity index (χ4n) is 10.5. The summed E-state index contributed by atoms with van der Waals surface area (Å²) in [5.41, 5.74) is 10.6. The van der Waals surface area contributed by atoms with Gasteiger partial charge in [0.25, 0.3) is 5.91 Å². The Bertz CT molecular complexity index is 2470. The zero-order valence-corrected chi connectivity index (χ0v) is 40.1. The van der Waals surface area contributed by atoms with Crippen molar-refractivity contribution >= 4 is 51.6 Å². The average molecular weight is 924 g/mol. The third kappa shape index (κ3) is 9.46. The molecule has 6 bridgehead atoms. The topological polar surface area (TPSA) is 164 Å². The second kappa shape index (κ2) is 19.3. The molecular formula is C49H65N9O7S. The van der Waals surface area contributed by atoms with Crippen LogP contribution in [-0.4, -0.2) is 144 Å². The van der Waals surface area contributed by atoms with E-state index in [1.54, 1.807) is 12.0 Å². The summed E-state index contributed by atoms with van der Waals surface area (Å²) in [5, 5.41) is 8.32. The Morgan fingerprint density at radius 2 is 1.91 bits per heavy atom. The summed E-state index contributed by atoms with van der Waals surface area (Å²) in [5.74, 6) is -1.55. The van der Waals surface area contributed by atoms with Gasteiger partial charge in [0.2, 0.25) is 11.8 Å². The van der Waals surface area contributed by atoms with Crippen LogP contribution in [0.4, 0.5) is 5.69 Å². The predicted molar refractivity (Wildman–Crippen MR) is 253 cm³/mol. The highest BCUT2D eigenvalue weighted by atomic mass is 32.1. The van der Waals surface area contributed by atoms with Gasteiger partial charge in [-0.15, -0.1) is 11.3 Å². The van der Waals surface area contributed by atoms with Crippen LogP contribution in [0.3, 0.4) is 0 Å². The second-order valence-corrected chi connectivity index (χ2v) is 20.4. The Morgan fingerprint density at radius 1 is 1.08 bits per heavy atom. The molecule has 9 rings (SSSR count). The van der Waals surface area contributed by atoms with Gasteiger partial charge >= 0.3 is 5.97 Å². The minimum atomic E-state index is -0.951. The van der Waals surface area contributed by atoms with Crippen LogP contribution in [0.2, 0.25) is 0 Å². The predicted octanol–water partition coefficient (Wildman–Crippen LogP) is 4.98. The molecule has 0 aliphatic carbocycles. The number of carbonyl (C=O) groups excluding carboxylic acids is 4. The van der Waals surface area contributed by atoms with Crippen molar-refractivity contribution in [3.63, 3.8) is 0 Å². The van der Waals surface area contributed by atoms with Gasteiger partial charge in [-0.25, -0.2) is 10.4 Å². The SMILES string of the molecule is CCn1c(-c2cc(N3CCN4CCOC[C@@H]4C3)cnc2[C@H](C)OC)c2c3cc(ccc31)-c1csc(n1)CC(NC(=O)[C@H]1CCCN(C(C)=O)C1)C(=O)N1CCC[C@H](N1)C(=O)OCC(C)(C)C2. The first kappa shape index (κ1) is 46.2. The van der Waals surface area contributed by atoms with E-state index >= 15 is 0 Å². The molecule has 1 aromatic carbocycles. The maximum absolute atomic E-state index is 14.4. The number of nitrogens with zero attached hydrogens (tertiary/aromatic N) is 7. The van der Waals surface area contributed by atoms with E-state index in [1.165, 1.54) is 23.3 Å². The van der Waals surface area contributed by atoms with Gasteiger partial charge in [-0.1, -0.05) is 19.9 Å². The zero-order valence-electron chi connectivity index (χ0n) is 39.3. The van der Waals surface area contributed by atoms with Gasteiger partial charge in [0.1, 0.15) is 12.1 Å². The number of methoxy groups -OCH3 is 1. The minimum Gasteiger partial charge on any atom is -0.464 e. The van der Waals surface area contributed by atoms with Crippen LogP contribution in [0, 0.1) is 11.3 Å². The molecule has 0 saturated carbocycles. The molecule has 17 heteroatoms. The molecule has 5 atom stereocenters. The summed E-state index contributed by atoms with van der Waals surface area (Å²) in [6.45, 7) is 17.3. The number of nitrogens with one attached hydrogen (secondary N) is 2. The van der Waals surface area contributed by atoms with Crippen molar-refractivity contribution < 1.29 is 33.4 Å². The van der Waals surface area contributed by atoms with Crippen LogP contribution in [-0.2, 0) is 52.8 Å². The van der Waals surface area contributed by atoms with Crippen molar-refractivity contribution in [2.24, 2.45) is 11.3 Å². The van der Waals surface area contributed by atoms with Gasteiger partial charge in [0.05, 0.1) is 71.9 Å². The number of likely N-dealkylation sites (tertiary alicyclic amines) is 1. The van der Waals surface area contributed by atoms with Gasteiger partial charge in [-0.05, 0) is 69.7 Å². The van der Waals surface area contributed by atoms with Crippen molar-refractivity contribution in [3.8, 4) is 22.5 Å². The summed E-state index contributed by atoms with van der Waals surface area (Å²) < 4.78 is 20.5. The van der Waals surface area contributed by atoms with E-state index < -0.39 is 29.4 Å². The normalized spacial score (nSPS) is 24.7. The smallest absolute Gasteiger partial charge is 0.324 e. The van der Waals surface area contributed by atoms with Crippen LogP contribution < -0.4 is 15.6 Å². The Balaban J connectivity index is 1.13. The Labute approximate surface area is 391 Å². The summed E-state index contributed by atoms with van der Waals surface area (Å²) in [6, 6.07) is 7.43. The molecule has 66 heavy (non-hydrogen) atoms. The lowest BCUT2D eigenvalue weighted by atomic mass is 9.84. The molecule has 0 radical (unpaired) electrons. The molecule has 16 nitrogen and oxygen atoms in total. The van der Waals surface area contributed by atoms with E-state index in [0.717, 1.165) is 89.8 Å². The van der Waals surface area contributed by atoms with E-state index in [0.29, 0.717) is 69.3 Å². The lowest BCUT2D eigenvalue weighted by Crippen LogP contribution is -2.61. The highest BCUT2D eigenvalue weighted by Gasteiger charge is 2.38. The quantitative estimate of drug-likeness (QED) is 0.240. The number of ether oxygens (including phenoxy) is 3. The third-order valence-corrected chi connectivity index (χ3v) is 15.1. The van der Waals surface area contributed by atoms with Gasteiger partial charge in [-0.3, -0.25) is 34.1 Å². The fraction of sp³-hybridized carbons (Fsp3) is 0.592. The number of piperidine rings is 1. The third-order valence-electron chi connectivity index (χ3n) is 14.3. The van der Waals surface area contributed by atoms with Crippen molar-refractivity contribution in [3.05, 3.63) is 52.1 Å². The first-order valence-corrected chi connectivity index (χ1v) is 24.7. The van der Waals surface area contributed by atoms with Crippen LogP contribution in [0.1, 0.15) is 82.7 Å². The van der Waals surface area contributed by atoms with E-state index in [4.69, 9.17) is 24.2 Å². The molecule has 4 aromatic rings. The molecule has 4 saturated heterocycles. The number of fused-ring (bicyclic) bond motifs is 7. The summed E-state index contributed by atoms with van der Waals surface area (Å²) in [4.78, 5) is 71.5. The number of carbonyl (C=O) groups is 4. The van der Waals surface area contributed by atoms with E-state index in [9.17, 15) is 19.2 Å². The number of anilines is 1. The molecule has 2 N–H and O–H groups in total. The van der Waals surface area contributed by atoms with Crippen molar-refractivity contribution in [2.75, 3.05) is 77.6 Å². The number of hydrazine groups is 1. The number of pyridine rings is 1. The maximum atomic E-state index is 14.4. The van der Waals surface area contributed by atoms with E-state index in [-0.39, 0.29) is 36.9 Å². The number of piperazine rings is 1. The number of aryl methyl sites for hydroxylation is 1. The van der Waals surface area contributed by atoms with Crippen LogP contribution >= 0.6 is 11.3 Å². The summed E-state index contributed by atoms with van der Waals surface area (Å²) in [6.07, 6.45) is 4.87. The molecule has 5 aliphatic heterocycles. The lowest BCUT2D eigenvalue weighted by Gasteiger charge is -2.44. The lowest BCUT2D eigenvalue weighted by molar-refractivity contribution is -0.155. The monoisotopic (exact) mass is 923 g/mol. The first-order valence-electron chi connectivity index (χ1n) is 23.8. The molecule has 5 aliphatic rings. The summed E-state index contributed by atoms with van der Waals surface area (Å²) >= 11 is 1.45. The van der Waals surface area contributed by atoms with E-state index in [1.807, 2.05) is 18.5 Å². The van der Waals surface area contributed by atoms with E-state index in [2.05, 4.69) is 70.1 Å². The number of thiazole rings is 1. The molecule has 4 fully saturated rings. The first-order chi connectivity index (χ1) is 31.8. The molecule has 8 heterocycles. The largest absolute Gasteiger partial charge is 0.464 e. The number of aromatic nitrogens is 3. The van der Waals surface area contributed by atoms with Gasteiger partial charge in [-0.2, -0.15) is 0 Å². The Kier molecular flexibility index (Phi) is 13.5. The number of benzene rings is 1. The maximum Gasteiger partial charge on any atom is 0.324 e. The molecular weight excluding hydrogens is 859 g/mol. The van der Waals surface area contributed by atoms with Gasteiger partial charge in [0, 0.05) is 106 Å². The van der Waals surface area contributed by atoms with Crippen molar-refractivity contribution in [1.82, 2.24) is 40.1 Å². The number of cyclic esters (lactones) is 1. The molecule has 1 unspecified atom stereocenters. The van der Waals surface area contributed by atoms with Crippen LogP contribution in [0.25, 0.3) is 33.4 Å². The summed E-state index contributed by atoms with van der Waals surface area (Å²) in [7, 11) is 1.72. The Morgan fingerprint density at radius 3 is 2.71 bits per heavy atom. The molecule has 3 amide bonds. The highest BCUT2D eigenvalue weighted by molar-refractivity contribution is 7.10. The second-order valence-electron chi connectivity index (χ2n) is 19.5. The standard InChI is InChI=1S/C49H65N9O7S/c1-7-57-42-13-12-32-20-36(42)38(45(57)37-21-34(24-50-44(37)30(2)63-6)56-17-16-54-18-19-64-27-35(54)26-56)23-49(4,5)29-65-48(62)39-11-9-15-58(53-39)47(61)40(22-43-51-41(32)28-66-43)52-46(60)33-10-8-14-55(25-33)31(3)59/h12-13,20-21,24,28,30,33,35,39-40,53H,7-11,14-19,22-23,25-27,29H2,1-6H3,(H,52,60)/t30-,33-,35-,39-,40?/m0/s1. The minimum absolute atomic E-state index is 0.0712. The number of hydrogen-bond donors (Lipinski definition) is 2. The zero-order chi connectivity index (χ0) is 46.3. The van der Waals surface area contributed by atoms with Gasteiger partial charge < -0.3 is 33.9 Å². The molecule has 354 valence electrons. The highest BCUT2D eigenvalue weighted by Crippen LogP contribution is 2.43. The number of hydrogen-bond acceptors (Lipinski definition) is 13. The van der Waals surface area contributed by atoms with Crippen LogP contribution in [0.15, 0.2) is 35.8 Å².